The largest absolute Gasteiger partial charge is 0.478 e. The number of anilines is 3. The Morgan fingerprint density at radius 2 is 0.688 bits per heavy atom. The molecular weight excluding hydrogens is 454 g/mol. The Hall–Kier alpha value is -3.86. The predicted octanol–water partition coefficient (Wildman–Crippen LogP) is 2.07. The van der Waals surface area contributed by atoms with Crippen LogP contribution in [0.4, 0.5) is 17.1 Å². The summed E-state index contributed by atoms with van der Waals surface area (Å²) in [5, 5.41) is 25.5. The molecule has 0 radical (unpaired) electrons. The second-order valence-corrected chi connectivity index (χ2v) is 5.68. The Kier molecular flexibility index (Phi) is 14.2. The van der Waals surface area contributed by atoms with Crippen molar-refractivity contribution in [3.8, 4) is 0 Å². The van der Waals surface area contributed by atoms with E-state index in [-0.39, 0.29) is 43.9 Å². The van der Waals surface area contributed by atoms with Crippen LogP contribution in [0.5, 0.6) is 0 Å². The maximum Gasteiger partial charge on any atom is 0.337 e. The summed E-state index contributed by atoms with van der Waals surface area (Å²) in [4.78, 5) is 31.0. The van der Waals surface area contributed by atoms with E-state index >= 15 is 0 Å². The maximum absolute atomic E-state index is 10.3. The summed E-state index contributed by atoms with van der Waals surface area (Å²) in [7, 11) is 0. The van der Waals surface area contributed by atoms with Crippen LogP contribution in [0.15, 0.2) is 72.8 Å². The Morgan fingerprint density at radius 3 is 0.812 bits per heavy atom. The van der Waals surface area contributed by atoms with Crippen molar-refractivity contribution < 1.29 is 56.9 Å². The molecule has 0 unspecified atom stereocenters. The van der Waals surface area contributed by atoms with Gasteiger partial charge in [0.2, 0.25) is 0 Å². The summed E-state index contributed by atoms with van der Waals surface area (Å²) in [6, 6.07) is 19.1. The molecule has 3 rings (SSSR count). The molecule has 0 bridgehead atoms. The number of carbonyl (C=O) groups is 3. The summed E-state index contributed by atoms with van der Waals surface area (Å²) >= 11 is 0. The average Bonchev–Trinajstić information content (AvgIpc) is 2.69. The molecule has 0 saturated heterocycles. The van der Waals surface area contributed by atoms with Crippen molar-refractivity contribution in [1.82, 2.24) is 0 Å². The third-order valence-electron chi connectivity index (χ3n) is 3.57. The first kappa shape index (κ1) is 30.3. The topological polar surface area (TPSA) is 221 Å². The third kappa shape index (κ3) is 9.76. The van der Waals surface area contributed by atoms with Crippen LogP contribution in [0.1, 0.15) is 31.1 Å². The Labute approximate surface area is 198 Å². The number of rotatable bonds is 3. The van der Waals surface area contributed by atoms with Gasteiger partial charge in [0.25, 0.3) is 0 Å². The molecule has 0 atom stereocenters. The second-order valence-electron chi connectivity index (χ2n) is 5.68. The Morgan fingerprint density at radius 1 is 0.500 bits per heavy atom. The standard InChI is InChI=1S/3C7H7NO2.H2O.Ti/c3*8-6-4-2-1-3-5(6)7(9)10;;/h3*1-4H,8H2,(H,9,10);1H2;. The van der Waals surface area contributed by atoms with Gasteiger partial charge in [0.05, 0.1) is 16.7 Å². The molecular formula is C21H23N3O7Ti. The van der Waals surface area contributed by atoms with Crippen molar-refractivity contribution >= 4 is 35.0 Å². The zero-order chi connectivity index (χ0) is 22.7. The Bertz CT molecular complexity index is 913. The van der Waals surface area contributed by atoms with E-state index < -0.39 is 17.9 Å². The minimum atomic E-state index is -0.988. The quantitative estimate of drug-likeness (QED) is 0.240. The molecule has 3 aromatic rings. The van der Waals surface area contributed by atoms with Crippen LogP contribution < -0.4 is 17.2 Å². The molecule has 11 N–H and O–H groups in total. The van der Waals surface area contributed by atoms with Gasteiger partial charge < -0.3 is 38.0 Å². The van der Waals surface area contributed by atoms with E-state index in [9.17, 15) is 14.4 Å². The minimum Gasteiger partial charge on any atom is -0.478 e. The van der Waals surface area contributed by atoms with Crippen molar-refractivity contribution in [3.63, 3.8) is 0 Å². The van der Waals surface area contributed by atoms with Crippen molar-refractivity contribution in [2.75, 3.05) is 17.2 Å². The van der Waals surface area contributed by atoms with E-state index in [1.807, 2.05) is 0 Å². The second kappa shape index (κ2) is 15.0. The predicted molar refractivity (Wildman–Crippen MR) is 117 cm³/mol. The van der Waals surface area contributed by atoms with E-state index in [1.54, 1.807) is 54.6 Å². The summed E-state index contributed by atoms with van der Waals surface area (Å²) in [5.74, 6) is -2.96. The van der Waals surface area contributed by atoms with E-state index in [4.69, 9.17) is 32.5 Å². The molecule has 32 heavy (non-hydrogen) atoms. The number of carboxylic acids is 3. The molecule has 0 fully saturated rings. The van der Waals surface area contributed by atoms with Crippen LogP contribution in [-0.2, 0) is 21.7 Å². The van der Waals surface area contributed by atoms with Crippen LogP contribution in [0, 0.1) is 0 Å². The first-order valence-corrected chi connectivity index (χ1v) is 8.38. The van der Waals surface area contributed by atoms with Gasteiger partial charge in [-0.1, -0.05) is 36.4 Å². The van der Waals surface area contributed by atoms with Crippen LogP contribution in [0.25, 0.3) is 0 Å². The van der Waals surface area contributed by atoms with Crippen LogP contribution in [-0.4, -0.2) is 38.7 Å². The third-order valence-corrected chi connectivity index (χ3v) is 3.57. The monoisotopic (exact) mass is 477 g/mol. The van der Waals surface area contributed by atoms with Gasteiger partial charge >= 0.3 is 17.9 Å². The summed E-state index contributed by atoms with van der Waals surface area (Å²) in [5.41, 5.74) is 17.4. The fourth-order valence-electron chi connectivity index (χ4n) is 2.08. The maximum atomic E-state index is 10.3. The van der Waals surface area contributed by atoms with Gasteiger partial charge in [0.15, 0.2) is 0 Å². The number of aromatic carboxylic acids is 3. The number of hydrogen-bond donors (Lipinski definition) is 6. The number of carboxylic acid groups (broad SMARTS) is 3. The van der Waals surface area contributed by atoms with Gasteiger partial charge in [-0.05, 0) is 36.4 Å². The molecule has 10 nitrogen and oxygen atoms in total. The van der Waals surface area contributed by atoms with Crippen LogP contribution in [0.3, 0.4) is 0 Å². The van der Waals surface area contributed by atoms with Crippen molar-refractivity contribution in [1.29, 1.82) is 0 Å². The van der Waals surface area contributed by atoms with Crippen molar-refractivity contribution in [2.24, 2.45) is 0 Å². The average molecular weight is 477 g/mol. The van der Waals surface area contributed by atoms with Crippen LogP contribution in [0.2, 0.25) is 0 Å². The zero-order valence-corrected chi connectivity index (χ0v) is 18.3. The van der Waals surface area contributed by atoms with Gasteiger partial charge in [-0.25, -0.2) is 14.4 Å². The van der Waals surface area contributed by atoms with Gasteiger partial charge in [0, 0.05) is 38.8 Å². The zero-order valence-electron chi connectivity index (χ0n) is 16.7. The molecule has 3 aromatic carbocycles. The number of benzene rings is 3. The molecule has 11 heteroatoms. The number of nitrogens with two attached hydrogens (primary N) is 3. The molecule has 0 spiro atoms. The molecule has 0 aliphatic heterocycles. The first-order chi connectivity index (χ1) is 14.1. The molecule has 0 amide bonds. The smallest absolute Gasteiger partial charge is 0.337 e. The fourth-order valence-corrected chi connectivity index (χ4v) is 2.08. The van der Waals surface area contributed by atoms with Gasteiger partial charge in [0.1, 0.15) is 0 Å². The SMILES string of the molecule is Nc1ccccc1C(=O)O.Nc1ccccc1C(=O)O.Nc1ccccc1C(=O)O.O.[Ti]. The molecule has 0 saturated carbocycles. The normalized spacial score (nSPS) is 8.62. The molecule has 0 aliphatic rings. The molecule has 0 heterocycles. The minimum absolute atomic E-state index is 0. The number of nitrogen functional groups attached to an aromatic ring is 3. The van der Waals surface area contributed by atoms with E-state index in [0.717, 1.165) is 0 Å². The number of hydrogen-bond acceptors (Lipinski definition) is 6. The van der Waals surface area contributed by atoms with Crippen molar-refractivity contribution in [2.45, 2.75) is 0 Å². The number of para-hydroxylation sites is 3. The summed E-state index contributed by atoms with van der Waals surface area (Å²) in [6.45, 7) is 0. The van der Waals surface area contributed by atoms with Gasteiger partial charge in [-0.2, -0.15) is 0 Å². The van der Waals surface area contributed by atoms with Crippen molar-refractivity contribution in [3.05, 3.63) is 89.5 Å². The first-order valence-electron chi connectivity index (χ1n) is 8.38. The molecule has 0 aromatic heterocycles. The van der Waals surface area contributed by atoms with E-state index in [2.05, 4.69) is 0 Å². The fraction of sp³-hybridized carbons (Fsp3) is 0. The van der Waals surface area contributed by atoms with Gasteiger partial charge in [-0.15, -0.1) is 0 Å². The van der Waals surface area contributed by atoms with E-state index in [1.165, 1.54) is 18.2 Å². The summed E-state index contributed by atoms with van der Waals surface area (Å²) < 4.78 is 0. The summed E-state index contributed by atoms with van der Waals surface area (Å²) in [6.07, 6.45) is 0. The van der Waals surface area contributed by atoms with E-state index in [0.29, 0.717) is 17.1 Å². The molecule has 0 aliphatic carbocycles. The van der Waals surface area contributed by atoms with Crippen LogP contribution >= 0.6 is 0 Å². The Balaban J connectivity index is 0. The van der Waals surface area contributed by atoms with Gasteiger partial charge in [-0.3, -0.25) is 0 Å². The molecule has 168 valence electrons.